The highest BCUT2D eigenvalue weighted by molar-refractivity contribution is 5.94. The number of nitrogens with zero attached hydrogens (tertiary/aromatic N) is 3. The van der Waals surface area contributed by atoms with Crippen molar-refractivity contribution < 1.29 is 4.79 Å². The lowest BCUT2D eigenvalue weighted by Crippen LogP contribution is -2.49. The molecule has 0 bridgehead atoms. The van der Waals surface area contributed by atoms with E-state index in [-0.39, 0.29) is 11.9 Å². The van der Waals surface area contributed by atoms with Crippen molar-refractivity contribution in [1.82, 2.24) is 20.0 Å². The highest BCUT2D eigenvalue weighted by Crippen LogP contribution is 2.46. The number of aromatic amines is 1. The normalized spacial score (nSPS) is 16.9. The molecule has 2 aliphatic rings. The van der Waals surface area contributed by atoms with Crippen LogP contribution in [0.2, 0.25) is 0 Å². The van der Waals surface area contributed by atoms with E-state index in [1.807, 2.05) is 18.7 Å². The van der Waals surface area contributed by atoms with E-state index < -0.39 is 0 Å². The summed E-state index contributed by atoms with van der Waals surface area (Å²) in [6.07, 6.45) is 0. The fraction of sp³-hybridized carbons (Fsp3) is 0.304. The largest absolute Gasteiger partial charge is 0.335 e. The minimum absolute atomic E-state index is 0.0359. The number of carbonyl (C=O) groups is 1. The summed E-state index contributed by atoms with van der Waals surface area (Å²) < 4.78 is 0. The Bertz CT molecular complexity index is 1000. The van der Waals surface area contributed by atoms with Gasteiger partial charge in [-0.05, 0) is 36.1 Å². The first-order valence-corrected chi connectivity index (χ1v) is 9.88. The van der Waals surface area contributed by atoms with Crippen molar-refractivity contribution in [3.05, 3.63) is 76.6 Å². The van der Waals surface area contributed by atoms with Crippen LogP contribution in [0.15, 0.2) is 48.5 Å². The SMILES string of the molecule is Cc1[nH]nc(C(=O)N2CCN(C3c4ccccc4-c4ccccc43)CC2)c1C. The molecule has 0 radical (unpaired) electrons. The van der Waals surface area contributed by atoms with E-state index in [1.165, 1.54) is 22.3 Å². The number of hydrogen-bond donors (Lipinski definition) is 1. The number of carbonyl (C=O) groups excluding carboxylic acids is 1. The maximum absolute atomic E-state index is 12.9. The molecule has 1 aliphatic carbocycles. The lowest BCUT2D eigenvalue weighted by Gasteiger charge is -2.38. The Labute approximate surface area is 165 Å². The molecule has 142 valence electrons. The summed E-state index contributed by atoms with van der Waals surface area (Å²) in [4.78, 5) is 17.3. The number of rotatable bonds is 2. The van der Waals surface area contributed by atoms with Crippen molar-refractivity contribution >= 4 is 5.91 Å². The van der Waals surface area contributed by atoms with Crippen molar-refractivity contribution in [3.63, 3.8) is 0 Å². The van der Waals surface area contributed by atoms with Gasteiger partial charge >= 0.3 is 0 Å². The van der Waals surface area contributed by atoms with Crippen LogP contribution in [0.3, 0.4) is 0 Å². The fourth-order valence-electron chi connectivity index (χ4n) is 4.55. The molecular weight excluding hydrogens is 348 g/mol. The van der Waals surface area contributed by atoms with Gasteiger partial charge in [0, 0.05) is 37.4 Å². The average molecular weight is 372 g/mol. The summed E-state index contributed by atoms with van der Waals surface area (Å²) in [6.45, 7) is 7.08. The quantitative estimate of drug-likeness (QED) is 0.748. The van der Waals surface area contributed by atoms with Crippen molar-refractivity contribution in [3.8, 4) is 11.1 Å². The standard InChI is InChI=1S/C23H24N4O/c1-15-16(2)24-25-21(15)23(28)27-13-11-26(12-14-27)22-19-9-5-3-7-17(19)18-8-4-6-10-20(18)22/h3-10,22H,11-14H2,1-2H3,(H,24,25). The first-order valence-electron chi connectivity index (χ1n) is 9.88. The second-order valence-corrected chi connectivity index (χ2v) is 7.73. The summed E-state index contributed by atoms with van der Waals surface area (Å²) in [5.74, 6) is 0.0359. The van der Waals surface area contributed by atoms with Gasteiger partial charge in [0.25, 0.3) is 5.91 Å². The Hall–Kier alpha value is -2.92. The average Bonchev–Trinajstić information content (AvgIpc) is 3.25. The molecule has 1 fully saturated rings. The number of benzene rings is 2. The van der Waals surface area contributed by atoms with Gasteiger partial charge in [0.2, 0.25) is 0 Å². The number of aromatic nitrogens is 2. The van der Waals surface area contributed by atoms with Gasteiger partial charge in [-0.25, -0.2) is 0 Å². The molecule has 2 aromatic carbocycles. The number of fused-ring (bicyclic) bond motifs is 3. The van der Waals surface area contributed by atoms with Crippen molar-refractivity contribution in [2.45, 2.75) is 19.9 Å². The number of aryl methyl sites for hydroxylation is 1. The van der Waals surface area contributed by atoms with E-state index in [0.717, 1.165) is 37.4 Å². The molecule has 1 amide bonds. The molecular formula is C23H24N4O. The van der Waals surface area contributed by atoms with Gasteiger partial charge in [-0.15, -0.1) is 0 Å². The highest BCUT2D eigenvalue weighted by atomic mass is 16.2. The molecule has 28 heavy (non-hydrogen) atoms. The molecule has 1 aromatic heterocycles. The van der Waals surface area contributed by atoms with E-state index in [1.54, 1.807) is 0 Å². The molecule has 0 unspecified atom stereocenters. The predicted molar refractivity (Wildman–Crippen MR) is 109 cm³/mol. The third kappa shape index (κ3) is 2.58. The summed E-state index contributed by atoms with van der Waals surface area (Å²) in [7, 11) is 0. The third-order valence-electron chi connectivity index (χ3n) is 6.22. The first-order chi connectivity index (χ1) is 13.6. The number of amides is 1. The molecule has 3 aromatic rings. The molecule has 0 saturated carbocycles. The summed E-state index contributed by atoms with van der Waals surface area (Å²) in [6, 6.07) is 17.7. The lowest BCUT2D eigenvalue weighted by molar-refractivity contribution is 0.0593. The van der Waals surface area contributed by atoms with Crippen LogP contribution in [0.1, 0.15) is 38.9 Å². The first kappa shape index (κ1) is 17.2. The Morgan fingerprint density at radius 3 is 2.04 bits per heavy atom. The molecule has 5 rings (SSSR count). The van der Waals surface area contributed by atoms with Crippen molar-refractivity contribution in [2.24, 2.45) is 0 Å². The van der Waals surface area contributed by atoms with Crippen LogP contribution in [-0.2, 0) is 0 Å². The number of piperazine rings is 1. The van der Waals surface area contributed by atoms with Gasteiger partial charge in [0.05, 0.1) is 6.04 Å². The number of nitrogens with one attached hydrogen (secondary N) is 1. The summed E-state index contributed by atoms with van der Waals surface area (Å²) in [5.41, 5.74) is 7.90. The molecule has 5 nitrogen and oxygen atoms in total. The highest BCUT2D eigenvalue weighted by Gasteiger charge is 2.35. The van der Waals surface area contributed by atoms with Gasteiger partial charge < -0.3 is 4.90 Å². The third-order valence-corrected chi connectivity index (χ3v) is 6.22. The second kappa shape index (κ2) is 6.60. The van der Waals surface area contributed by atoms with Crippen LogP contribution in [0.25, 0.3) is 11.1 Å². The smallest absolute Gasteiger partial charge is 0.274 e. The fourth-order valence-corrected chi connectivity index (χ4v) is 4.55. The maximum Gasteiger partial charge on any atom is 0.274 e. The maximum atomic E-state index is 12.9. The van der Waals surface area contributed by atoms with Crippen LogP contribution in [0.4, 0.5) is 0 Å². The number of H-pyrrole nitrogens is 1. The Kier molecular flexibility index (Phi) is 4.05. The van der Waals surface area contributed by atoms with Crippen LogP contribution in [0.5, 0.6) is 0 Å². The zero-order chi connectivity index (χ0) is 19.3. The van der Waals surface area contributed by atoms with E-state index >= 15 is 0 Å². The second-order valence-electron chi connectivity index (χ2n) is 7.73. The van der Waals surface area contributed by atoms with Gasteiger partial charge in [-0.1, -0.05) is 48.5 Å². The topological polar surface area (TPSA) is 52.2 Å². The Balaban J connectivity index is 1.38. The molecule has 5 heteroatoms. The van der Waals surface area contributed by atoms with Crippen LogP contribution >= 0.6 is 0 Å². The zero-order valence-electron chi connectivity index (χ0n) is 16.3. The Morgan fingerprint density at radius 1 is 0.929 bits per heavy atom. The molecule has 1 N–H and O–H groups in total. The minimum atomic E-state index is 0.0359. The van der Waals surface area contributed by atoms with Crippen molar-refractivity contribution in [1.29, 1.82) is 0 Å². The van der Waals surface area contributed by atoms with E-state index in [2.05, 4.69) is 63.6 Å². The molecule has 1 aliphatic heterocycles. The summed E-state index contributed by atoms with van der Waals surface area (Å²) in [5, 5.41) is 7.14. The minimum Gasteiger partial charge on any atom is -0.335 e. The van der Waals surface area contributed by atoms with Crippen LogP contribution < -0.4 is 0 Å². The van der Waals surface area contributed by atoms with E-state index in [0.29, 0.717) is 5.69 Å². The summed E-state index contributed by atoms with van der Waals surface area (Å²) >= 11 is 0. The lowest BCUT2D eigenvalue weighted by atomic mass is 10.0. The van der Waals surface area contributed by atoms with Gasteiger partial charge in [0.1, 0.15) is 0 Å². The molecule has 0 atom stereocenters. The van der Waals surface area contributed by atoms with E-state index in [4.69, 9.17) is 0 Å². The van der Waals surface area contributed by atoms with Crippen LogP contribution in [-0.4, -0.2) is 52.1 Å². The van der Waals surface area contributed by atoms with Crippen molar-refractivity contribution in [2.75, 3.05) is 26.2 Å². The predicted octanol–water partition coefficient (Wildman–Crippen LogP) is 3.55. The molecule has 2 heterocycles. The number of hydrogen-bond acceptors (Lipinski definition) is 3. The van der Waals surface area contributed by atoms with E-state index in [9.17, 15) is 4.79 Å². The zero-order valence-corrected chi connectivity index (χ0v) is 16.3. The molecule has 1 saturated heterocycles. The Morgan fingerprint density at radius 2 is 1.50 bits per heavy atom. The van der Waals surface area contributed by atoms with Crippen LogP contribution in [0, 0.1) is 13.8 Å². The van der Waals surface area contributed by atoms with Gasteiger partial charge in [-0.2, -0.15) is 5.10 Å². The van der Waals surface area contributed by atoms with Gasteiger partial charge in [0.15, 0.2) is 5.69 Å². The molecule has 0 spiro atoms. The van der Waals surface area contributed by atoms with Gasteiger partial charge in [-0.3, -0.25) is 14.8 Å². The monoisotopic (exact) mass is 372 g/mol.